The zero-order chi connectivity index (χ0) is 17.1. The molecule has 25 heavy (non-hydrogen) atoms. The van der Waals surface area contributed by atoms with E-state index in [0.29, 0.717) is 5.92 Å². The Morgan fingerprint density at radius 3 is 2.52 bits per heavy atom. The second-order valence-corrected chi connectivity index (χ2v) is 7.94. The summed E-state index contributed by atoms with van der Waals surface area (Å²) in [5, 5.41) is 3.48. The third-order valence-corrected chi connectivity index (χ3v) is 6.34. The lowest BCUT2D eigenvalue weighted by atomic mass is 9.90. The molecule has 0 radical (unpaired) electrons. The molecule has 1 aromatic rings. The molecule has 1 aliphatic carbocycles. The predicted molar refractivity (Wildman–Crippen MR) is 101 cm³/mol. The highest BCUT2D eigenvalue weighted by atomic mass is 16.2. The molecule has 136 valence electrons. The summed E-state index contributed by atoms with van der Waals surface area (Å²) in [5.74, 6) is 0.775. The van der Waals surface area contributed by atoms with Crippen molar-refractivity contribution >= 4 is 5.91 Å². The monoisotopic (exact) mass is 341 g/mol. The van der Waals surface area contributed by atoms with Crippen molar-refractivity contribution in [1.82, 2.24) is 15.1 Å². The van der Waals surface area contributed by atoms with E-state index in [1.807, 2.05) is 6.07 Å². The average molecular weight is 341 g/mol. The van der Waals surface area contributed by atoms with E-state index in [-0.39, 0.29) is 5.91 Å². The van der Waals surface area contributed by atoms with Gasteiger partial charge < -0.3 is 10.2 Å². The van der Waals surface area contributed by atoms with E-state index in [1.54, 1.807) is 0 Å². The van der Waals surface area contributed by atoms with E-state index in [9.17, 15) is 4.79 Å². The van der Waals surface area contributed by atoms with Crippen LogP contribution in [0.1, 0.15) is 60.4 Å². The Morgan fingerprint density at radius 1 is 1.00 bits per heavy atom. The third-order valence-electron chi connectivity index (χ3n) is 6.34. The maximum Gasteiger partial charge on any atom is 0.253 e. The zero-order valence-electron chi connectivity index (χ0n) is 15.3. The standard InChI is InChI=1S/C21H31N3O/c25-21(24-13-11-23(12-14-24)20-8-1-2-9-20)18-6-3-5-17(15-18)19-7-4-10-22-16-19/h3,5-6,15,19-20,22H,1-2,4,7-14,16H2. The van der Waals surface area contributed by atoms with Gasteiger partial charge in [-0.3, -0.25) is 9.69 Å². The van der Waals surface area contributed by atoms with Crippen LogP contribution in [0, 0.1) is 0 Å². The highest BCUT2D eigenvalue weighted by Crippen LogP contribution is 2.26. The first kappa shape index (κ1) is 17.0. The Bertz CT molecular complexity index is 583. The predicted octanol–water partition coefficient (Wildman–Crippen LogP) is 2.85. The first-order valence-electron chi connectivity index (χ1n) is 10.2. The highest BCUT2D eigenvalue weighted by molar-refractivity contribution is 5.94. The van der Waals surface area contributed by atoms with E-state index in [4.69, 9.17) is 0 Å². The van der Waals surface area contributed by atoms with Gasteiger partial charge in [-0.2, -0.15) is 0 Å². The SMILES string of the molecule is O=C(c1cccc(C2CCCNC2)c1)N1CCN(C2CCCC2)CC1. The fourth-order valence-corrected chi connectivity index (χ4v) is 4.80. The Morgan fingerprint density at radius 2 is 1.80 bits per heavy atom. The normalized spacial score (nSPS) is 26.1. The van der Waals surface area contributed by atoms with Crippen molar-refractivity contribution in [1.29, 1.82) is 0 Å². The number of piperazine rings is 1. The van der Waals surface area contributed by atoms with E-state index in [1.165, 1.54) is 44.1 Å². The van der Waals surface area contributed by atoms with Crippen LogP contribution in [0.15, 0.2) is 24.3 Å². The first-order valence-corrected chi connectivity index (χ1v) is 10.2. The Balaban J connectivity index is 1.37. The molecular formula is C21H31N3O. The largest absolute Gasteiger partial charge is 0.336 e. The minimum Gasteiger partial charge on any atom is -0.336 e. The lowest BCUT2D eigenvalue weighted by molar-refractivity contribution is 0.0573. The van der Waals surface area contributed by atoms with Crippen LogP contribution in [0.2, 0.25) is 0 Å². The molecule has 3 fully saturated rings. The van der Waals surface area contributed by atoms with Gasteiger partial charge in [-0.05, 0) is 55.8 Å². The quantitative estimate of drug-likeness (QED) is 0.918. The lowest BCUT2D eigenvalue weighted by Crippen LogP contribution is -2.51. The van der Waals surface area contributed by atoms with Gasteiger partial charge in [0.05, 0.1) is 0 Å². The van der Waals surface area contributed by atoms with E-state index < -0.39 is 0 Å². The van der Waals surface area contributed by atoms with Crippen molar-refractivity contribution in [2.24, 2.45) is 0 Å². The molecule has 2 heterocycles. The zero-order valence-corrected chi connectivity index (χ0v) is 15.3. The second-order valence-electron chi connectivity index (χ2n) is 7.94. The maximum atomic E-state index is 13.0. The van der Waals surface area contributed by atoms with Gasteiger partial charge in [0.1, 0.15) is 0 Å². The molecule has 1 amide bonds. The van der Waals surface area contributed by atoms with Crippen LogP contribution in [0.25, 0.3) is 0 Å². The van der Waals surface area contributed by atoms with Crippen LogP contribution < -0.4 is 5.32 Å². The van der Waals surface area contributed by atoms with Crippen molar-refractivity contribution in [2.45, 2.75) is 50.5 Å². The van der Waals surface area contributed by atoms with Gasteiger partial charge in [0.15, 0.2) is 0 Å². The fourth-order valence-electron chi connectivity index (χ4n) is 4.80. The minimum atomic E-state index is 0.219. The van der Waals surface area contributed by atoms with Crippen molar-refractivity contribution < 1.29 is 4.79 Å². The molecule has 2 saturated heterocycles. The molecule has 0 bridgehead atoms. The van der Waals surface area contributed by atoms with Gasteiger partial charge in [-0.15, -0.1) is 0 Å². The molecule has 0 spiro atoms. The van der Waals surface area contributed by atoms with E-state index in [0.717, 1.165) is 50.9 Å². The number of rotatable bonds is 3. The van der Waals surface area contributed by atoms with Crippen LogP contribution in [-0.2, 0) is 0 Å². The third kappa shape index (κ3) is 3.90. The molecule has 4 heteroatoms. The molecule has 0 aromatic heterocycles. The summed E-state index contributed by atoms with van der Waals surface area (Å²) in [6.45, 7) is 6.01. The summed E-state index contributed by atoms with van der Waals surface area (Å²) in [7, 11) is 0. The number of piperidine rings is 1. The van der Waals surface area contributed by atoms with Crippen LogP contribution >= 0.6 is 0 Å². The summed E-state index contributed by atoms with van der Waals surface area (Å²) < 4.78 is 0. The first-order chi connectivity index (χ1) is 12.3. The molecule has 4 nitrogen and oxygen atoms in total. The Kier molecular flexibility index (Phi) is 5.37. The number of nitrogens with one attached hydrogen (secondary N) is 1. The maximum absolute atomic E-state index is 13.0. The molecule has 2 aliphatic heterocycles. The molecular weight excluding hydrogens is 310 g/mol. The van der Waals surface area contributed by atoms with Gasteiger partial charge in [-0.25, -0.2) is 0 Å². The van der Waals surface area contributed by atoms with Crippen molar-refractivity contribution in [3.63, 3.8) is 0 Å². The number of amides is 1. The minimum absolute atomic E-state index is 0.219. The van der Waals surface area contributed by atoms with E-state index in [2.05, 4.69) is 33.3 Å². The van der Waals surface area contributed by atoms with Crippen LogP contribution in [0.3, 0.4) is 0 Å². The number of hydrogen-bond acceptors (Lipinski definition) is 3. The lowest BCUT2D eigenvalue weighted by Gasteiger charge is -2.38. The number of nitrogens with zero attached hydrogens (tertiary/aromatic N) is 2. The van der Waals surface area contributed by atoms with Crippen LogP contribution in [-0.4, -0.2) is 61.0 Å². The summed E-state index contributed by atoms with van der Waals surface area (Å²) >= 11 is 0. The number of carbonyl (C=O) groups excluding carboxylic acids is 1. The van der Waals surface area contributed by atoms with E-state index >= 15 is 0 Å². The Hall–Kier alpha value is -1.39. The summed E-state index contributed by atoms with van der Waals surface area (Å²) in [6.07, 6.45) is 7.92. The van der Waals surface area contributed by atoms with Crippen molar-refractivity contribution in [3.05, 3.63) is 35.4 Å². The van der Waals surface area contributed by atoms with Gasteiger partial charge in [0.25, 0.3) is 5.91 Å². The van der Waals surface area contributed by atoms with Crippen molar-refractivity contribution in [3.8, 4) is 0 Å². The summed E-state index contributed by atoms with van der Waals surface area (Å²) in [6, 6.07) is 9.16. The molecule has 3 aliphatic rings. The van der Waals surface area contributed by atoms with Crippen molar-refractivity contribution in [2.75, 3.05) is 39.3 Å². The number of hydrogen-bond donors (Lipinski definition) is 1. The smallest absolute Gasteiger partial charge is 0.253 e. The van der Waals surface area contributed by atoms with Gasteiger partial charge in [0, 0.05) is 44.3 Å². The molecule has 1 N–H and O–H groups in total. The van der Waals surface area contributed by atoms with Gasteiger partial charge in [0.2, 0.25) is 0 Å². The van der Waals surface area contributed by atoms with Crippen LogP contribution in [0.4, 0.5) is 0 Å². The summed E-state index contributed by atoms with van der Waals surface area (Å²) in [4.78, 5) is 17.6. The van der Waals surface area contributed by atoms with Crippen LogP contribution in [0.5, 0.6) is 0 Å². The second kappa shape index (κ2) is 7.88. The molecule has 1 aromatic carbocycles. The number of benzene rings is 1. The molecule has 1 unspecified atom stereocenters. The molecule has 4 rings (SSSR count). The molecule has 1 atom stereocenters. The number of carbonyl (C=O) groups is 1. The topological polar surface area (TPSA) is 35.6 Å². The van der Waals surface area contributed by atoms with Gasteiger partial charge >= 0.3 is 0 Å². The highest BCUT2D eigenvalue weighted by Gasteiger charge is 2.28. The van der Waals surface area contributed by atoms with Gasteiger partial charge in [-0.1, -0.05) is 25.0 Å². The Labute approximate surface area is 151 Å². The summed E-state index contributed by atoms with van der Waals surface area (Å²) in [5.41, 5.74) is 2.19. The molecule has 1 saturated carbocycles. The average Bonchev–Trinajstić information content (AvgIpc) is 3.23. The fraction of sp³-hybridized carbons (Fsp3) is 0.667.